The van der Waals surface area contributed by atoms with Crippen molar-refractivity contribution in [3.63, 3.8) is 0 Å². The molecule has 0 aliphatic carbocycles. The Kier molecular flexibility index (Phi) is 13.7. The predicted octanol–water partition coefficient (Wildman–Crippen LogP) is 4.06. The average molecular weight is 330 g/mol. The lowest BCUT2D eigenvalue weighted by Crippen LogP contribution is -2.52. The fraction of sp³-hybridized carbons (Fsp3) is 0.947. The number of Topliss-reactive ketones (excluding diaryl/α,β-unsaturated/α-hetero) is 1. The Morgan fingerprint density at radius 2 is 1.26 bits per heavy atom. The van der Waals surface area contributed by atoms with E-state index < -0.39 is 11.8 Å². The first-order valence-corrected chi connectivity index (χ1v) is 9.68. The van der Waals surface area contributed by atoms with E-state index in [0.29, 0.717) is 12.8 Å². The molecule has 0 aromatic rings. The summed E-state index contributed by atoms with van der Waals surface area (Å²) in [5.41, 5.74) is 5.66. The average Bonchev–Trinajstić information content (AvgIpc) is 2.51. The zero-order valence-electron chi connectivity index (χ0n) is 15.4. The number of rotatable bonds is 16. The molecule has 0 aromatic heterocycles. The van der Waals surface area contributed by atoms with E-state index in [9.17, 15) is 15.0 Å². The number of carbonyl (C=O) groups excluding carboxylic acids is 1. The van der Waals surface area contributed by atoms with Gasteiger partial charge < -0.3 is 15.9 Å². The van der Waals surface area contributed by atoms with Crippen LogP contribution < -0.4 is 5.73 Å². The van der Waals surface area contributed by atoms with Gasteiger partial charge >= 0.3 is 0 Å². The molecule has 0 amide bonds. The van der Waals surface area contributed by atoms with Crippen LogP contribution in [0.1, 0.15) is 104 Å². The van der Waals surface area contributed by atoms with Crippen LogP contribution in [0.15, 0.2) is 0 Å². The Morgan fingerprint density at radius 3 is 1.70 bits per heavy atom. The number of hydrogen-bond acceptors (Lipinski definition) is 4. The van der Waals surface area contributed by atoms with Crippen molar-refractivity contribution in [1.82, 2.24) is 0 Å². The molecule has 0 saturated heterocycles. The molecule has 0 aliphatic rings. The molecule has 4 heteroatoms. The van der Waals surface area contributed by atoms with Crippen LogP contribution in [0.25, 0.3) is 0 Å². The van der Waals surface area contributed by atoms with E-state index in [1.54, 1.807) is 0 Å². The van der Waals surface area contributed by atoms with Crippen molar-refractivity contribution in [2.75, 3.05) is 0 Å². The Morgan fingerprint density at radius 1 is 0.826 bits per heavy atom. The van der Waals surface area contributed by atoms with E-state index in [-0.39, 0.29) is 12.2 Å². The maximum atomic E-state index is 11.9. The topological polar surface area (TPSA) is 83.6 Å². The largest absolute Gasteiger partial charge is 0.364 e. The van der Waals surface area contributed by atoms with Crippen molar-refractivity contribution >= 4 is 5.78 Å². The molecular weight excluding hydrogens is 290 g/mol. The van der Waals surface area contributed by atoms with Crippen LogP contribution in [-0.4, -0.2) is 27.8 Å². The summed E-state index contributed by atoms with van der Waals surface area (Å²) in [5, 5.41) is 19.5. The van der Waals surface area contributed by atoms with Crippen LogP contribution >= 0.6 is 0 Å². The van der Waals surface area contributed by atoms with Crippen LogP contribution in [0.4, 0.5) is 0 Å². The van der Waals surface area contributed by atoms with Gasteiger partial charge in [0.25, 0.3) is 0 Å². The number of ketones is 1. The molecule has 1 unspecified atom stereocenters. The predicted molar refractivity (Wildman–Crippen MR) is 96.1 cm³/mol. The zero-order chi connectivity index (χ0) is 17.6. The summed E-state index contributed by atoms with van der Waals surface area (Å²) < 4.78 is 0. The van der Waals surface area contributed by atoms with Crippen molar-refractivity contribution in [1.29, 1.82) is 0 Å². The van der Waals surface area contributed by atoms with E-state index >= 15 is 0 Å². The smallest absolute Gasteiger partial charge is 0.185 e. The third kappa shape index (κ3) is 11.7. The van der Waals surface area contributed by atoms with Gasteiger partial charge in [-0.25, -0.2) is 0 Å². The van der Waals surface area contributed by atoms with E-state index in [2.05, 4.69) is 6.92 Å². The number of carbonyl (C=O) groups is 1. The minimum atomic E-state index is -2.05. The quantitative estimate of drug-likeness (QED) is 0.294. The lowest BCUT2D eigenvalue weighted by Gasteiger charge is -2.27. The van der Waals surface area contributed by atoms with E-state index in [1.165, 1.54) is 51.4 Å². The summed E-state index contributed by atoms with van der Waals surface area (Å²) in [4.78, 5) is 11.9. The van der Waals surface area contributed by atoms with Gasteiger partial charge in [0, 0.05) is 12.8 Å². The van der Waals surface area contributed by atoms with Gasteiger partial charge in [0.05, 0.1) is 0 Å². The van der Waals surface area contributed by atoms with Gasteiger partial charge in [-0.05, 0) is 6.42 Å². The SMILES string of the molecule is CCCCCCCCCCCCCC(=O)C(N)C(O)(O)CCC. The van der Waals surface area contributed by atoms with Gasteiger partial charge in [0.1, 0.15) is 6.04 Å². The van der Waals surface area contributed by atoms with Crippen molar-refractivity contribution in [2.24, 2.45) is 5.73 Å². The highest BCUT2D eigenvalue weighted by atomic mass is 16.5. The lowest BCUT2D eigenvalue weighted by atomic mass is 9.95. The van der Waals surface area contributed by atoms with Gasteiger partial charge in [-0.15, -0.1) is 0 Å². The zero-order valence-corrected chi connectivity index (χ0v) is 15.4. The van der Waals surface area contributed by atoms with E-state index in [4.69, 9.17) is 5.73 Å². The molecule has 0 fully saturated rings. The molecule has 0 heterocycles. The molecule has 0 radical (unpaired) electrons. The highest BCUT2D eigenvalue weighted by Gasteiger charge is 2.35. The van der Waals surface area contributed by atoms with Crippen molar-refractivity contribution < 1.29 is 15.0 Å². The molecule has 1 atom stereocenters. The molecule has 4 N–H and O–H groups in total. The Bertz CT molecular complexity index is 292. The van der Waals surface area contributed by atoms with Crippen LogP contribution in [0.2, 0.25) is 0 Å². The maximum Gasteiger partial charge on any atom is 0.185 e. The van der Waals surface area contributed by atoms with Gasteiger partial charge in [-0.3, -0.25) is 4.79 Å². The summed E-state index contributed by atoms with van der Waals surface area (Å²) in [6.45, 7) is 4.07. The summed E-state index contributed by atoms with van der Waals surface area (Å²) >= 11 is 0. The van der Waals surface area contributed by atoms with Crippen molar-refractivity contribution in [2.45, 2.75) is 116 Å². The fourth-order valence-corrected chi connectivity index (χ4v) is 2.90. The molecule has 0 aliphatic heterocycles. The standard InChI is InChI=1S/C19H39NO3/c1-3-5-6-7-8-9-10-11-12-13-14-15-17(21)18(20)19(22,23)16-4-2/h18,22-23H,3-16,20H2,1-2H3. The molecule has 0 spiro atoms. The molecule has 0 saturated carbocycles. The van der Waals surface area contributed by atoms with Crippen LogP contribution in [-0.2, 0) is 4.79 Å². The lowest BCUT2D eigenvalue weighted by molar-refractivity contribution is -0.184. The van der Waals surface area contributed by atoms with Gasteiger partial charge in [-0.2, -0.15) is 0 Å². The first-order chi connectivity index (χ1) is 11.0. The Balaban J connectivity index is 3.52. The second-order valence-corrected chi connectivity index (χ2v) is 6.86. The van der Waals surface area contributed by atoms with Crippen LogP contribution in [0.3, 0.4) is 0 Å². The molecule has 138 valence electrons. The highest BCUT2D eigenvalue weighted by molar-refractivity contribution is 5.84. The maximum absolute atomic E-state index is 11.9. The second kappa shape index (κ2) is 13.9. The normalized spacial score (nSPS) is 13.3. The van der Waals surface area contributed by atoms with E-state index in [0.717, 1.165) is 19.3 Å². The van der Waals surface area contributed by atoms with Crippen molar-refractivity contribution in [3.05, 3.63) is 0 Å². The Hall–Kier alpha value is -0.450. The summed E-state index contributed by atoms with van der Waals surface area (Å²) in [5.74, 6) is -2.29. The van der Waals surface area contributed by atoms with Crippen LogP contribution in [0.5, 0.6) is 0 Å². The number of aliphatic hydroxyl groups is 2. The summed E-state index contributed by atoms with van der Waals surface area (Å²) in [7, 11) is 0. The first kappa shape index (κ1) is 22.6. The molecular formula is C19H39NO3. The van der Waals surface area contributed by atoms with Gasteiger partial charge in [-0.1, -0.05) is 84.5 Å². The van der Waals surface area contributed by atoms with Gasteiger partial charge in [0.2, 0.25) is 0 Å². The number of nitrogens with two attached hydrogens (primary N) is 1. The summed E-state index contributed by atoms with van der Waals surface area (Å²) in [6.07, 6.45) is 14.6. The molecule has 0 rings (SSSR count). The van der Waals surface area contributed by atoms with Crippen molar-refractivity contribution in [3.8, 4) is 0 Å². The number of hydrogen-bond donors (Lipinski definition) is 3. The monoisotopic (exact) mass is 329 g/mol. The van der Waals surface area contributed by atoms with Gasteiger partial charge in [0.15, 0.2) is 11.6 Å². The molecule has 23 heavy (non-hydrogen) atoms. The minimum absolute atomic E-state index is 0.137. The third-order valence-electron chi connectivity index (χ3n) is 4.49. The number of unbranched alkanes of at least 4 members (excludes halogenated alkanes) is 10. The molecule has 4 nitrogen and oxygen atoms in total. The molecule has 0 aromatic carbocycles. The Labute approximate surface area is 142 Å². The second-order valence-electron chi connectivity index (χ2n) is 6.86. The minimum Gasteiger partial charge on any atom is -0.364 e. The molecule has 0 bridgehead atoms. The van der Waals surface area contributed by atoms with E-state index in [1.807, 2.05) is 6.92 Å². The first-order valence-electron chi connectivity index (χ1n) is 9.68. The fourth-order valence-electron chi connectivity index (χ4n) is 2.90. The highest BCUT2D eigenvalue weighted by Crippen LogP contribution is 2.16. The van der Waals surface area contributed by atoms with Crippen LogP contribution in [0, 0.1) is 0 Å². The third-order valence-corrected chi connectivity index (χ3v) is 4.49. The summed E-state index contributed by atoms with van der Waals surface area (Å²) in [6, 6.07) is -1.18.